The van der Waals surface area contributed by atoms with Crippen LogP contribution in [0, 0.1) is 0 Å². The van der Waals surface area contributed by atoms with E-state index in [0.29, 0.717) is 0 Å². The van der Waals surface area contributed by atoms with Gasteiger partial charge in [-0.15, -0.1) is 6.58 Å². The second kappa shape index (κ2) is 6.66. The molecule has 0 aliphatic rings. The average Bonchev–Trinajstić information content (AvgIpc) is 1.81. The van der Waals surface area contributed by atoms with Gasteiger partial charge in [0.25, 0.3) is 0 Å². The fourth-order valence-electron chi connectivity index (χ4n) is 0.431. The molecule has 0 atom stereocenters. The number of hydrogen-bond donors (Lipinski definition) is 2. The van der Waals surface area contributed by atoms with Gasteiger partial charge in [0.2, 0.25) is 0 Å². The van der Waals surface area contributed by atoms with Gasteiger partial charge in [-0.1, -0.05) is 6.08 Å². The number of rotatable bonds is 5. The van der Waals surface area contributed by atoms with E-state index in [1.165, 1.54) is 0 Å². The van der Waals surface area contributed by atoms with Gasteiger partial charge < -0.3 is 11.1 Å². The first kappa shape index (κ1) is 7.66. The van der Waals surface area contributed by atoms with Crippen LogP contribution in [0.25, 0.3) is 0 Å². The maximum Gasteiger partial charge on any atom is 0.00746 e. The SMILES string of the molecule is C=CCCNCCN. The molecule has 0 fully saturated rings. The molecule has 3 N–H and O–H groups in total. The van der Waals surface area contributed by atoms with Crippen molar-refractivity contribution in [2.45, 2.75) is 6.42 Å². The molecule has 0 aromatic rings. The lowest BCUT2D eigenvalue weighted by molar-refractivity contribution is 0.697. The van der Waals surface area contributed by atoms with Crippen LogP contribution in [0.5, 0.6) is 0 Å². The summed E-state index contributed by atoms with van der Waals surface area (Å²) < 4.78 is 0. The van der Waals surface area contributed by atoms with Crippen molar-refractivity contribution >= 4 is 0 Å². The Balaban J connectivity index is 2.62. The third-order valence-corrected chi connectivity index (χ3v) is 0.846. The molecule has 0 saturated heterocycles. The first-order valence-corrected chi connectivity index (χ1v) is 2.93. The molecule has 2 nitrogen and oxygen atoms in total. The molecule has 0 spiro atoms. The van der Waals surface area contributed by atoms with Crippen LogP contribution in [0.15, 0.2) is 12.7 Å². The molecule has 0 aliphatic carbocycles. The molecule has 0 amide bonds. The summed E-state index contributed by atoms with van der Waals surface area (Å²) in [6.07, 6.45) is 2.92. The van der Waals surface area contributed by atoms with Crippen molar-refractivity contribution in [3.05, 3.63) is 12.7 Å². The fraction of sp³-hybridized carbons (Fsp3) is 0.667. The number of nitrogens with one attached hydrogen (secondary N) is 1. The van der Waals surface area contributed by atoms with E-state index in [2.05, 4.69) is 11.9 Å². The largest absolute Gasteiger partial charge is 0.329 e. The van der Waals surface area contributed by atoms with Crippen LogP contribution in [0.1, 0.15) is 6.42 Å². The second-order valence-corrected chi connectivity index (χ2v) is 1.62. The van der Waals surface area contributed by atoms with Gasteiger partial charge in [0.05, 0.1) is 0 Å². The highest BCUT2D eigenvalue weighted by atomic mass is 14.9. The zero-order valence-electron chi connectivity index (χ0n) is 5.19. The van der Waals surface area contributed by atoms with Gasteiger partial charge in [0, 0.05) is 13.1 Å². The smallest absolute Gasteiger partial charge is 0.00746 e. The molecule has 0 radical (unpaired) electrons. The number of nitrogens with two attached hydrogens (primary N) is 1. The Morgan fingerprint density at radius 1 is 1.50 bits per heavy atom. The molecule has 0 aromatic heterocycles. The van der Waals surface area contributed by atoms with Crippen molar-refractivity contribution in [2.75, 3.05) is 19.6 Å². The first-order valence-electron chi connectivity index (χ1n) is 2.93. The lowest BCUT2D eigenvalue weighted by atomic mass is 10.4. The maximum absolute atomic E-state index is 5.22. The van der Waals surface area contributed by atoms with Gasteiger partial charge in [0.15, 0.2) is 0 Å². The lowest BCUT2D eigenvalue weighted by Gasteiger charge is -1.96. The topological polar surface area (TPSA) is 38.0 Å². The third-order valence-electron chi connectivity index (χ3n) is 0.846. The molecular formula is C6H14N2. The fourth-order valence-corrected chi connectivity index (χ4v) is 0.431. The minimum absolute atomic E-state index is 0.719. The van der Waals surface area contributed by atoms with Gasteiger partial charge in [0.1, 0.15) is 0 Å². The maximum atomic E-state index is 5.22. The molecule has 48 valence electrons. The van der Waals surface area contributed by atoms with Crippen molar-refractivity contribution < 1.29 is 0 Å². The zero-order chi connectivity index (χ0) is 6.24. The van der Waals surface area contributed by atoms with E-state index in [1.807, 2.05) is 6.08 Å². The van der Waals surface area contributed by atoms with Crippen LogP contribution in [0.3, 0.4) is 0 Å². The van der Waals surface area contributed by atoms with Gasteiger partial charge in [-0.3, -0.25) is 0 Å². The molecule has 0 rings (SSSR count). The minimum atomic E-state index is 0.719. The highest BCUT2D eigenvalue weighted by Crippen LogP contribution is 1.72. The third kappa shape index (κ3) is 5.66. The van der Waals surface area contributed by atoms with Crippen LogP contribution in [0.4, 0.5) is 0 Å². The van der Waals surface area contributed by atoms with Crippen LogP contribution in [-0.2, 0) is 0 Å². The predicted octanol–water partition coefficient (Wildman–Crippen LogP) is 0.111. The summed E-state index contributed by atoms with van der Waals surface area (Å²) in [4.78, 5) is 0. The summed E-state index contributed by atoms with van der Waals surface area (Å²) in [5, 5.41) is 3.14. The lowest BCUT2D eigenvalue weighted by Crippen LogP contribution is -2.22. The average molecular weight is 114 g/mol. The number of hydrogen-bond acceptors (Lipinski definition) is 2. The molecular weight excluding hydrogens is 100 g/mol. The van der Waals surface area contributed by atoms with E-state index in [-0.39, 0.29) is 0 Å². The molecule has 0 unspecified atom stereocenters. The van der Waals surface area contributed by atoms with Gasteiger partial charge >= 0.3 is 0 Å². The molecule has 0 saturated carbocycles. The molecule has 8 heavy (non-hydrogen) atoms. The Labute approximate surface area is 50.8 Å². The van der Waals surface area contributed by atoms with Crippen molar-refractivity contribution in [1.82, 2.24) is 5.32 Å². The summed E-state index contributed by atoms with van der Waals surface area (Å²) in [6.45, 7) is 6.22. The van der Waals surface area contributed by atoms with E-state index >= 15 is 0 Å². The van der Waals surface area contributed by atoms with Crippen molar-refractivity contribution in [2.24, 2.45) is 5.73 Å². The molecule has 2 heteroatoms. The molecule has 0 aliphatic heterocycles. The standard InChI is InChI=1S/C6H14N2/c1-2-3-5-8-6-4-7/h2,8H,1,3-7H2. The van der Waals surface area contributed by atoms with E-state index in [1.54, 1.807) is 0 Å². The second-order valence-electron chi connectivity index (χ2n) is 1.62. The van der Waals surface area contributed by atoms with E-state index in [9.17, 15) is 0 Å². The zero-order valence-corrected chi connectivity index (χ0v) is 5.19. The molecule has 0 aromatic carbocycles. The Bertz CT molecular complexity index is 52.5. The van der Waals surface area contributed by atoms with E-state index in [4.69, 9.17) is 5.73 Å². The quantitative estimate of drug-likeness (QED) is 0.393. The summed E-state index contributed by atoms with van der Waals surface area (Å²) >= 11 is 0. The van der Waals surface area contributed by atoms with Crippen LogP contribution in [-0.4, -0.2) is 19.6 Å². The van der Waals surface area contributed by atoms with Gasteiger partial charge in [-0.2, -0.15) is 0 Å². The normalized spacial score (nSPS) is 9.12. The Hall–Kier alpha value is -0.340. The van der Waals surface area contributed by atoms with E-state index in [0.717, 1.165) is 26.1 Å². The highest BCUT2D eigenvalue weighted by molar-refractivity contribution is 4.67. The molecule has 0 bridgehead atoms. The summed E-state index contributed by atoms with van der Waals surface area (Å²) in [5.74, 6) is 0. The van der Waals surface area contributed by atoms with Crippen LogP contribution in [0.2, 0.25) is 0 Å². The Morgan fingerprint density at radius 2 is 2.25 bits per heavy atom. The Morgan fingerprint density at radius 3 is 2.75 bits per heavy atom. The Kier molecular flexibility index (Phi) is 6.38. The summed E-state index contributed by atoms with van der Waals surface area (Å²) in [7, 11) is 0. The van der Waals surface area contributed by atoms with Crippen molar-refractivity contribution in [3.8, 4) is 0 Å². The van der Waals surface area contributed by atoms with Gasteiger partial charge in [-0.25, -0.2) is 0 Å². The predicted molar refractivity (Wildman–Crippen MR) is 36.7 cm³/mol. The molecule has 0 heterocycles. The van der Waals surface area contributed by atoms with Crippen molar-refractivity contribution in [1.29, 1.82) is 0 Å². The van der Waals surface area contributed by atoms with Crippen LogP contribution < -0.4 is 11.1 Å². The van der Waals surface area contributed by atoms with E-state index < -0.39 is 0 Å². The minimum Gasteiger partial charge on any atom is -0.329 e. The summed E-state index contributed by atoms with van der Waals surface area (Å²) in [6, 6.07) is 0. The van der Waals surface area contributed by atoms with Crippen LogP contribution >= 0.6 is 0 Å². The van der Waals surface area contributed by atoms with Crippen molar-refractivity contribution in [3.63, 3.8) is 0 Å². The monoisotopic (exact) mass is 114 g/mol. The first-order chi connectivity index (χ1) is 3.91. The summed E-state index contributed by atoms with van der Waals surface area (Å²) in [5.41, 5.74) is 5.22. The highest BCUT2D eigenvalue weighted by Gasteiger charge is 1.78. The van der Waals surface area contributed by atoms with Gasteiger partial charge in [-0.05, 0) is 13.0 Å².